The largest absolute Gasteiger partial charge is 0.481 e. The first-order chi connectivity index (χ1) is 16.5. The van der Waals surface area contributed by atoms with Gasteiger partial charge in [-0.3, -0.25) is 9.52 Å². The van der Waals surface area contributed by atoms with Crippen LogP contribution in [0, 0.1) is 13.8 Å². The second kappa shape index (κ2) is 10.9. The van der Waals surface area contributed by atoms with Crippen molar-refractivity contribution in [2.45, 2.75) is 31.8 Å². The molecule has 0 saturated heterocycles. The lowest BCUT2D eigenvalue weighted by atomic mass is 10.1. The van der Waals surface area contributed by atoms with E-state index in [0.29, 0.717) is 11.4 Å². The summed E-state index contributed by atoms with van der Waals surface area (Å²) >= 11 is 3.44. The number of nitrogens with one attached hydrogen (secondary N) is 2. The van der Waals surface area contributed by atoms with Crippen LogP contribution in [0.4, 0.5) is 11.5 Å². The summed E-state index contributed by atoms with van der Waals surface area (Å²) in [7, 11) is -1.23. The zero-order valence-corrected chi connectivity index (χ0v) is 22.2. The number of amides is 1. The van der Waals surface area contributed by atoms with E-state index in [4.69, 9.17) is 14.2 Å². The molecule has 0 aliphatic carbocycles. The summed E-state index contributed by atoms with van der Waals surface area (Å²) in [4.78, 5) is 20.5. The lowest BCUT2D eigenvalue weighted by Gasteiger charge is -2.18. The van der Waals surface area contributed by atoms with Crippen LogP contribution >= 0.6 is 15.9 Å². The zero-order valence-electron chi connectivity index (χ0n) is 19.7. The molecule has 2 N–H and O–H groups in total. The smallest absolute Gasteiger partial charge is 0.321 e. The maximum absolute atomic E-state index is 12.8. The molecule has 12 heteroatoms. The molecule has 1 unspecified atom stereocenters. The summed E-state index contributed by atoms with van der Waals surface area (Å²) in [6, 6.07) is 10.8. The SMILES string of the molecule is COc1cc(NS(=O)(=O)c2ccc(NC(=O)C(C)Oc3c(C)cc(Br)cc3C)cc2)nc(OC)n1. The molecule has 1 aromatic heterocycles. The van der Waals surface area contributed by atoms with Gasteiger partial charge in [0.15, 0.2) is 11.9 Å². The Labute approximate surface area is 212 Å². The number of nitrogens with zero attached hydrogens (tertiary/aromatic N) is 2. The molecule has 3 aromatic rings. The molecule has 0 saturated carbocycles. The molecule has 1 amide bonds. The fourth-order valence-corrected chi connectivity index (χ4v) is 4.80. The van der Waals surface area contributed by atoms with Crippen molar-refractivity contribution in [3.05, 3.63) is 58.1 Å². The summed E-state index contributed by atoms with van der Waals surface area (Å²) in [5.41, 5.74) is 2.22. The molecular formula is C23H25BrN4O6S. The third-order valence-corrected chi connectivity index (χ3v) is 6.66. The summed E-state index contributed by atoms with van der Waals surface area (Å²) in [5.74, 6) is 0.384. The van der Waals surface area contributed by atoms with Gasteiger partial charge in [0.05, 0.1) is 19.1 Å². The number of carbonyl (C=O) groups is 1. The van der Waals surface area contributed by atoms with Crippen molar-refractivity contribution in [2.24, 2.45) is 0 Å². The molecule has 0 aliphatic rings. The minimum Gasteiger partial charge on any atom is -0.481 e. The Morgan fingerprint density at radius 3 is 2.20 bits per heavy atom. The summed E-state index contributed by atoms with van der Waals surface area (Å²) in [6.45, 7) is 5.44. The normalized spacial score (nSPS) is 11.9. The van der Waals surface area contributed by atoms with Gasteiger partial charge in [0.1, 0.15) is 5.75 Å². The molecule has 1 heterocycles. The number of anilines is 2. The molecule has 35 heavy (non-hydrogen) atoms. The highest BCUT2D eigenvalue weighted by molar-refractivity contribution is 9.10. The second-order valence-electron chi connectivity index (χ2n) is 7.53. The van der Waals surface area contributed by atoms with Crippen LogP contribution in [-0.2, 0) is 14.8 Å². The predicted molar refractivity (Wildman–Crippen MR) is 135 cm³/mol. The van der Waals surface area contributed by atoms with E-state index in [1.54, 1.807) is 6.92 Å². The maximum atomic E-state index is 12.8. The van der Waals surface area contributed by atoms with E-state index in [0.717, 1.165) is 15.6 Å². The van der Waals surface area contributed by atoms with E-state index in [9.17, 15) is 13.2 Å². The van der Waals surface area contributed by atoms with Gasteiger partial charge in [0.2, 0.25) is 5.88 Å². The number of hydrogen-bond donors (Lipinski definition) is 2. The van der Waals surface area contributed by atoms with Crippen LogP contribution in [0.1, 0.15) is 18.1 Å². The number of carbonyl (C=O) groups excluding carboxylic acids is 1. The van der Waals surface area contributed by atoms with Crippen LogP contribution in [-0.4, -0.2) is 44.6 Å². The van der Waals surface area contributed by atoms with Gasteiger partial charge in [-0.05, 0) is 68.3 Å². The monoisotopic (exact) mass is 564 g/mol. The van der Waals surface area contributed by atoms with E-state index in [-0.39, 0.29) is 28.5 Å². The molecule has 1 atom stereocenters. The zero-order chi connectivity index (χ0) is 25.8. The van der Waals surface area contributed by atoms with Crippen LogP contribution in [0.2, 0.25) is 0 Å². The lowest BCUT2D eigenvalue weighted by molar-refractivity contribution is -0.122. The molecule has 2 aromatic carbocycles. The number of benzene rings is 2. The van der Waals surface area contributed by atoms with Crippen LogP contribution < -0.4 is 24.2 Å². The topological polar surface area (TPSA) is 129 Å². The molecule has 10 nitrogen and oxygen atoms in total. The molecule has 0 bridgehead atoms. The van der Waals surface area contributed by atoms with Crippen LogP contribution in [0.3, 0.4) is 0 Å². The van der Waals surface area contributed by atoms with Crippen molar-refractivity contribution in [1.82, 2.24) is 9.97 Å². The summed E-state index contributed by atoms with van der Waals surface area (Å²) < 4.78 is 44.7. The quantitative estimate of drug-likeness (QED) is 0.397. The van der Waals surface area contributed by atoms with E-state index in [1.807, 2.05) is 26.0 Å². The van der Waals surface area contributed by atoms with Crippen molar-refractivity contribution >= 4 is 43.4 Å². The first-order valence-electron chi connectivity index (χ1n) is 10.4. The molecule has 0 radical (unpaired) electrons. The number of halogens is 1. The Morgan fingerprint density at radius 2 is 1.63 bits per heavy atom. The van der Waals surface area contributed by atoms with Crippen molar-refractivity contribution in [3.8, 4) is 17.6 Å². The van der Waals surface area contributed by atoms with Gasteiger partial charge in [0.25, 0.3) is 15.9 Å². The van der Waals surface area contributed by atoms with Crippen LogP contribution in [0.15, 0.2) is 51.8 Å². The fourth-order valence-electron chi connectivity index (χ4n) is 3.12. The Morgan fingerprint density at radius 1 is 1.00 bits per heavy atom. The number of rotatable bonds is 9. The number of sulfonamides is 1. The maximum Gasteiger partial charge on any atom is 0.321 e. The van der Waals surface area contributed by atoms with E-state index < -0.39 is 16.1 Å². The van der Waals surface area contributed by atoms with Crippen molar-refractivity contribution in [3.63, 3.8) is 0 Å². The molecule has 0 fully saturated rings. The molecule has 0 spiro atoms. The number of hydrogen-bond acceptors (Lipinski definition) is 8. The third-order valence-electron chi connectivity index (χ3n) is 4.83. The van der Waals surface area contributed by atoms with Crippen LogP contribution in [0.25, 0.3) is 0 Å². The molecule has 186 valence electrons. The van der Waals surface area contributed by atoms with Gasteiger partial charge in [-0.1, -0.05) is 15.9 Å². The van der Waals surface area contributed by atoms with E-state index in [1.165, 1.54) is 44.6 Å². The van der Waals surface area contributed by atoms with Crippen molar-refractivity contribution < 1.29 is 27.4 Å². The molecule has 3 rings (SSSR count). The lowest BCUT2D eigenvalue weighted by Crippen LogP contribution is -2.30. The van der Waals surface area contributed by atoms with Crippen LogP contribution in [0.5, 0.6) is 17.6 Å². The van der Waals surface area contributed by atoms with Crippen molar-refractivity contribution in [1.29, 1.82) is 0 Å². The first kappa shape index (κ1) is 26.2. The number of methoxy groups -OCH3 is 2. The standard InChI is InChI=1S/C23H25BrN4O6S/c1-13-10-16(24)11-14(2)21(13)34-15(3)22(29)25-17-6-8-18(9-7-17)35(30,31)28-19-12-20(32-4)27-23(26-19)33-5/h6-12,15H,1-5H3,(H,25,29)(H,26,27,28). The number of ether oxygens (including phenoxy) is 3. The van der Waals surface area contributed by atoms with Gasteiger partial charge in [-0.15, -0.1) is 0 Å². The highest BCUT2D eigenvalue weighted by Gasteiger charge is 2.20. The summed E-state index contributed by atoms with van der Waals surface area (Å²) in [5, 5.41) is 2.73. The van der Waals surface area contributed by atoms with Gasteiger partial charge < -0.3 is 19.5 Å². The van der Waals surface area contributed by atoms with Gasteiger partial charge in [-0.25, -0.2) is 8.42 Å². The Bertz CT molecular complexity index is 1290. The van der Waals surface area contributed by atoms with E-state index in [2.05, 4.69) is 35.9 Å². The minimum atomic E-state index is -3.97. The van der Waals surface area contributed by atoms with Gasteiger partial charge in [0, 0.05) is 16.2 Å². The fraction of sp³-hybridized carbons (Fsp3) is 0.261. The number of aryl methyl sites for hydroxylation is 2. The number of aromatic nitrogens is 2. The molecule has 0 aliphatic heterocycles. The van der Waals surface area contributed by atoms with Crippen molar-refractivity contribution in [2.75, 3.05) is 24.3 Å². The molecular weight excluding hydrogens is 540 g/mol. The average molecular weight is 565 g/mol. The van der Waals surface area contributed by atoms with Gasteiger partial charge in [-0.2, -0.15) is 9.97 Å². The minimum absolute atomic E-state index is 0.0180. The average Bonchev–Trinajstić information content (AvgIpc) is 2.80. The summed E-state index contributed by atoms with van der Waals surface area (Å²) in [6.07, 6.45) is -0.777. The highest BCUT2D eigenvalue weighted by Crippen LogP contribution is 2.28. The second-order valence-corrected chi connectivity index (χ2v) is 10.1. The highest BCUT2D eigenvalue weighted by atomic mass is 79.9. The first-order valence-corrected chi connectivity index (χ1v) is 12.6. The predicted octanol–water partition coefficient (Wildman–Crippen LogP) is 4.08. The van der Waals surface area contributed by atoms with E-state index >= 15 is 0 Å². The Kier molecular flexibility index (Phi) is 8.18. The Hall–Kier alpha value is -3.38. The third kappa shape index (κ3) is 6.61. The Balaban J connectivity index is 1.69. The van der Waals surface area contributed by atoms with Gasteiger partial charge >= 0.3 is 6.01 Å².